The number of hydrogen-bond donors (Lipinski definition) is 1. The second-order valence-electron chi connectivity index (χ2n) is 9.07. The number of carbonyl (C=O) groups excluding carboxylic acids is 1. The van der Waals surface area contributed by atoms with Crippen LogP contribution in [0.3, 0.4) is 0 Å². The molecule has 1 aliphatic heterocycles. The minimum Gasteiger partial charge on any atom is -0.493 e. The molecule has 1 saturated heterocycles. The molecule has 1 heterocycles. The van der Waals surface area contributed by atoms with Gasteiger partial charge in [0.15, 0.2) is 11.5 Å². The maximum atomic E-state index is 12.4. The van der Waals surface area contributed by atoms with Gasteiger partial charge in [-0.3, -0.25) is 9.69 Å². The van der Waals surface area contributed by atoms with Crippen LogP contribution in [0.4, 0.5) is 0 Å². The minimum absolute atomic E-state index is 0.0337. The summed E-state index contributed by atoms with van der Waals surface area (Å²) in [4.78, 5) is 14.9. The van der Waals surface area contributed by atoms with E-state index in [1.54, 1.807) is 13.2 Å². The fraction of sp³-hybridized carbons (Fsp3) is 0.500. The van der Waals surface area contributed by atoms with Crippen molar-refractivity contribution in [3.63, 3.8) is 0 Å². The van der Waals surface area contributed by atoms with Gasteiger partial charge in [0.1, 0.15) is 6.10 Å². The van der Waals surface area contributed by atoms with Gasteiger partial charge in [0.05, 0.1) is 7.11 Å². The molecule has 0 bridgehead atoms. The minimum atomic E-state index is -0.0337. The Kier molecular flexibility index (Phi) is 6.51. The molecule has 2 aromatic rings. The highest BCUT2D eigenvalue weighted by Gasteiger charge is 2.25. The Morgan fingerprint density at radius 1 is 0.968 bits per heavy atom. The summed E-state index contributed by atoms with van der Waals surface area (Å²) in [6.07, 6.45) is 4.21. The average Bonchev–Trinajstić information content (AvgIpc) is 3.57. The fourth-order valence-corrected chi connectivity index (χ4v) is 4.20. The van der Waals surface area contributed by atoms with Crippen LogP contribution >= 0.6 is 0 Å². The maximum Gasteiger partial charge on any atom is 0.251 e. The second-order valence-corrected chi connectivity index (χ2v) is 9.07. The largest absolute Gasteiger partial charge is 0.493 e. The van der Waals surface area contributed by atoms with Crippen molar-refractivity contribution in [2.45, 2.75) is 65.1 Å². The zero-order valence-corrected chi connectivity index (χ0v) is 19.2. The Hall–Kier alpha value is -2.53. The molecule has 31 heavy (non-hydrogen) atoms. The molecule has 2 aromatic carbocycles. The molecule has 1 aliphatic carbocycles. The van der Waals surface area contributed by atoms with Crippen molar-refractivity contribution < 1.29 is 14.3 Å². The third-order valence-corrected chi connectivity index (χ3v) is 6.51. The van der Waals surface area contributed by atoms with Gasteiger partial charge in [-0.15, -0.1) is 0 Å². The molecule has 2 fully saturated rings. The van der Waals surface area contributed by atoms with Gasteiger partial charge >= 0.3 is 0 Å². The fourth-order valence-electron chi connectivity index (χ4n) is 4.20. The monoisotopic (exact) mass is 422 g/mol. The molecular formula is C26H34N2O3. The Balaban J connectivity index is 1.36. The number of nitrogens with zero attached hydrogens (tertiary/aromatic N) is 1. The van der Waals surface area contributed by atoms with Gasteiger partial charge in [-0.25, -0.2) is 0 Å². The highest BCUT2D eigenvalue weighted by molar-refractivity contribution is 5.95. The number of benzene rings is 2. The molecule has 1 saturated carbocycles. The van der Waals surface area contributed by atoms with E-state index in [0.29, 0.717) is 23.1 Å². The topological polar surface area (TPSA) is 50.8 Å². The molecule has 0 aromatic heterocycles. The van der Waals surface area contributed by atoms with Crippen molar-refractivity contribution >= 4 is 5.91 Å². The summed E-state index contributed by atoms with van der Waals surface area (Å²) in [6, 6.07) is 10.4. The van der Waals surface area contributed by atoms with E-state index in [4.69, 9.17) is 9.47 Å². The van der Waals surface area contributed by atoms with E-state index in [1.807, 2.05) is 12.1 Å². The molecule has 4 rings (SSSR count). The molecule has 1 amide bonds. The summed E-state index contributed by atoms with van der Waals surface area (Å²) in [5, 5.41) is 3.04. The predicted octanol–water partition coefficient (Wildman–Crippen LogP) is 4.56. The van der Waals surface area contributed by atoms with Gasteiger partial charge in [0.25, 0.3) is 5.91 Å². The van der Waals surface area contributed by atoms with Crippen LogP contribution in [-0.4, -0.2) is 43.2 Å². The maximum absolute atomic E-state index is 12.4. The van der Waals surface area contributed by atoms with Crippen molar-refractivity contribution in [3.05, 3.63) is 58.1 Å². The van der Waals surface area contributed by atoms with Gasteiger partial charge in [-0.1, -0.05) is 12.1 Å². The van der Waals surface area contributed by atoms with Crippen LogP contribution in [0.1, 0.15) is 58.3 Å². The summed E-state index contributed by atoms with van der Waals surface area (Å²) in [5.74, 6) is 1.30. The lowest BCUT2D eigenvalue weighted by Gasteiger charge is -2.33. The molecule has 5 heteroatoms. The lowest BCUT2D eigenvalue weighted by molar-refractivity contribution is 0.0922. The molecule has 0 unspecified atom stereocenters. The van der Waals surface area contributed by atoms with Crippen LogP contribution in [0.2, 0.25) is 0 Å². The quantitative estimate of drug-likeness (QED) is 0.711. The Bertz CT molecular complexity index is 944. The van der Waals surface area contributed by atoms with Crippen LogP contribution < -0.4 is 14.8 Å². The van der Waals surface area contributed by atoms with Crippen LogP contribution in [-0.2, 0) is 6.54 Å². The van der Waals surface area contributed by atoms with Crippen molar-refractivity contribution in [1.82, 2.24) is 10.2 Å². The summed E-state index contributed by atoms with van der Waals surface area (Å²) in [5.41, 5.74) is 6.13. The van der Waals surface area contributed by atoms with E-state index < -0.39 is 0 Å². The Morgan fingerprint density at radius 2 is 1.68 bits per heavy atom. The van der Waals surface area contributed by atoms with Crippen molar-refractivity contribution in [1.29, 1.82) is 0 Å². The number of hydrogen-bond acceptors (Lipinski definition) is 4. The number of amides is 1. The van der Waals surface area contributed by atoms with Gasteiger partial charge in [0, 0.05) is 31.2 Å². The van der Waals surface area contributed by atoms with Crippen molar-refractivity contribution in [2.75, 3.05) is 20.2 Å². The van der Waals surface area contributed by atoms with E-state index in [0.717, 1.165) is 45.3 Å². The molecule has 1 N–H and O–H groups in total. The predicted molar refractivity (Wildman–Crippen MR) is 123 cm³/mol. The van der Waals surface area contributed by atoms with E-state index in [-0.39, 0.29) is 12.0 Å². The SMILES string of the molecule is COc1ccc(C(=O)NC2CC2)cc1OC1CCN(Cc2cc(C)c(C)cc2C)CC1. The highest BCUT2D eigenvalue weighted by atomic mass is 16.5. The molecule has 0 atom stereocenters. The second kappa shape index (κ2) is 9.31. The Morgan fingerprint density at radius 3 is 2.35 bits per heavy atom. The van der Waals surface area contributed by atoms with Crippen LogP contribution in [0.5, 0.6) is 11.5 Å². The third-order valence-electron chi connectivity index (χ3n) is 6.51. The lowest BCUT2D eigenvalue weighted by Crippen LogP contribution is -2.38. The molecule has 2 aliphatic rings. The number of methoxy groups -OCH3 is 1. The van der Waals surface area contributed by atoms with Crippen LogP contribution in [0.25, 0.3) is 0 Å². The lowest BCUT2D eigenvalue weighted by atomic mass is 9.99. The third kappa shape index (κ3) is 5.40. The molecular weight excluding hydrogens is 388 g/mol. The molecule has 0 radical (unpaired) electrons. The number of carbonyl (C=O) groups is 1. The number of aryl methyl sites for hydroxylation is 3. The standard InChI is InChI=1S/C26H34N2O3/c1-17-13-19(3)21(14-18(17)2)16-28-11-9-23(10-12-28)31-25-15-20(5-8-24(25)30-4)26(29)27-22-6-7-22/h5,8,13-15,22-23H,6-7,9-12,16H2,1-4H3,(H,27,29). The first kappa shape index (κ1) is 21.7. The molecule has 0 spiro atoms. The first-order valence-corrected chi connectivity index (χ1v) is 11.4. The van der Waals surface area contributed by atoms with E-state index in [1.165, 1.54) is 22.3 Å². The van der Waals surface area contributed by atoms with E-state index in [9.17, 15) is 4.79 Å². The number of rotatable bonds is 7. The number of likely N-dealkylation sites (tertiary alicyclic amines) is 1. The first-order chi connectivity index (χ1) is 14.9. The van der Waals surface area contributed by atoms with Crippen molar-refractivity contribution in [3.8, 4) is 11.5 Å². The summed E-state index contributed by atoms with van der Waals surface area (Å²) in [6.45, 7) is 9.55. The number of nitrogens with one attached hydrogen (secondary N) is 1. The molecule has 166 valence electrons. The van der Waals surface area contributed by atoms with Crippen molar-refractivity contribution in [2.24, 2.45) is 0 Å². The van der Waals surface area contributed by atoms with Crippen LogP contribution in [0.15, 0.2) is 30.3 Å². The number of piperidine rings is 1. The Labute approximate surface area is 185 Å². The van der Waals surface area contributed by atoms with E-state index in [2.05, 4.69) is 43.1 Å². The van der Waals surface area contributed by atoms with Gasteiger partial charge in [-0.2, -0.15) is 0 Å². The van der Waals surface area contributed by atoms with Gasteiger partial charge in [0.2, 0.25) is 0 Å². The smallest absolute Gasteiger partial charge is 0.251 e. The zero-order valence-electron chi connectivity index (χ0n) is 19.2. The van der Waals surface area contributed by atoms with Crippen LogP contribution in [0, 0.1) is 20.8 Å². The number of ether oxygens (including phenoxy) is 2. The zero-order chi connectivity index (χ0) is 22.0. The van der Waals surface area contributed by atoms with E-state index >= 15 is 0 Å². The van der Waals surface area contributed by atoms with Gasteiger partial charge in [-0.05, 0) is 86.9 Å². The molecule has 5 nitrogen and oxygen atoms in total. The highest BCUT2D eigenvalue weighted by Crippen LogP contribution is 2.31. The first-order valence-electron chi connectivity index (χ1n) is 11.4. The normalized spacial score (nSPS) is 17.4. The summed E-state index contributed by atoms with van der Waals surface area (Å²) >= 11 is 0. The van der Waals surface area contributed by atoms with Gasteiger partial charge < -0.3 is 14.8 Å². The average molecular weight is 423 g/mol. The summed E-state index contributed by atoms with van der Waals surface area (Å²) in [7, 11) is 1.64. The summed E-state index contributed by atoms with van der Waals surface area (Å²) < 4.78 is 11.8.